The SMILES string of the molecule is O=C(CCn1c(=O)oc2ccccc21)OCc1nc(-c2ccc(F)cc2)no1. The van der Waals surface area contributed by atoms with Crippen molar-refractivity contribution < 1.29 is 22.9 Å². The summed E-state index contributed by atoms with van der Waals surface area (Å²) < 4.78 is 29.6. The normalized spacial score (nSPS) is 11.0. The molecular formula is C19H14FN3O5. The fourth-order valence-electron chi connectivity index (χ4n) is 2.67. The molecule has 0 aliphatic rings. The van der Waals surface area contributed by atoms with Crippen molar-refractivity contribution in [3.05, 3.63) is 70.8 Å². The molecule has 0 bridgehead atoms. The smallest absolute Gasteiger partial charge is 0.419 e. The van der Waals surface area contributed by atoms with Gasteiger partial charge >= 0.3 is 11.7 Å². The molecular weight excluding hydrogens is 369 g/mol. The van der Waals surface area contributed by atoms with Crippen LogP contribution in [0.5, 0.6) is 0 Å². The van der Waals surface area contributed by atoms with E-state index >= 15 is 0 Å². The molecule has 4 aromatic rings. The Balaban J connectivity index is 1.34. The Morgan fingerprint density at radius 2 is 1.93 bits per heavy atom. The van der Waals surface area contributed by atoms with Gasteiger partial charge in [0, 0.05) is 12.1 Å². The monoisotopic (exact) mass is 383 g/mol. The molecule has 0 spiro atoms. The number of halogens is 1. The first kappa shape index (κ1) is 17.7. The summed E-state index contributed by atoms with van der Waals surface area (Å²) in [5.74, 6) is -1.06. The minimum atomic E-state index is -0.533. The Kier molecular flexibility index (Phi) is 4.71. The number of aryl methyl sites for hydroxylation is 1. The largest absolute Gasteiger partial charge is 0.456 e. The molecule has 0 saturated heterocycles. The van der Waals surface area contributed by atoms with Gasteiger partial charge in [-0.1, -0.05) is 17.3 Å². The van der Waals surface area contributed by atoms with Crippen molar-refractivity contribution in [1.29, 1.82) is 0 Å². The highest BCUT2D eigenvalue weighted by molar-refractivity contribution is 5.73. The molecule has 0 N–H and O–H groups in total. The summed E-state index contributed by atoms with van der Waals surface area (Å²) in [5.41, 5.74) is 1.65. The van der Waals surface area contributed by atoms with Crippen LogP contribution in [0.2, 0.25) is 0 Å². The molecule has 8 nitrogen and oxygen atoms in total. The lowest BCUT2D eigenvalue weighted by molar-refractivity contribution is -0.146. The number of ether oxygens (including phenoxy) is 1. The van der Waals surface area contributed by atoms with Crippen molar-refractivity contribution in [2.45, 2.75) is 19.6 Å². The lowest BCUT2D eigenvalue weighted by Gasteiger charge is -2.03. The summed E-state index contributed by atoms with van der Waals surface area (Å²) in [7, 11) is 0. The fourth-order valence-corrected chi connectivity index (χ4v) is 2.67. The van der Waals surface area contributed by atoms with Crippen molar-refractivity contribution in [3.63, 3.8) is 0 Å². The summed E-state index contributed by atoms with van der Waals surface area (Å²) in [6, 6.07) is 12.6. The quantitative estimate of drug-likeness (QED) is 0.472. The number of carbonyl (C=O) groups excluding carboxylic acids is 1. The predicted octanol–water partition coefficient (Wildman–Crippen LogP) is 2.92. The molecule has 0 saturated carbocycles. The molecule has 2 heterocycles. The summed E-state index contributed by atoms with van der Waals surface area (Å²) in [6.07, 6.45) is -0.0254. The molecule has 0 aliphatic heterocycles. The van der Waals surface area contributed by atoms with Gasteiger partial charge in [0.05, 0.1) is 11.9 Å². The molecule has 0 atom stereocenters. The van der Waals surface area contributed by atoms with Crippen molar-refractivity contribution in [3.8, 4) is 11.4 Å². The van der Waals surface area contributed by atoms with Crippen molar-refractivity contribution in [2.75, 3.05) is 0 Å². The first-order chi connectivity index (χ1) is 13.6. The van der Waals surface area contributed by atoms with Crippen LogP contribution in [0.1, 0.15) is 12.3 Å². The molecule has 0 aliphatic carbocycles. The average molecular weight is 383 g/mol. The number of benzene rings is 2. The summed E-state index contributed by atoms with van der Waals surface area (Å²) >= 11 is 0. The van der Waals surface area contributed by atoms with Gasteiger partial charge in [-0.15, -0.1) is 0 Å². The van der Waals surface area contributed by atoms with Crippen LogP contribution in [0.25, 0.3) is 22.5 Å². The lowest BCUT2D eigenvalue weighted by atomic mass is 10.2. The Labute approximate surface area is 157 Å². The minimum Gasteiger partial charge on any atom is -0.456 e. The van der Waals surface area contributed by atoms with Gasteiger partial charge in [0.1, 0.15) is 5.82 Å². The second-order valence-electron chi connectivity index (χ2n) is 5.92. The number of nitrogens with zero attached hydrogens (tertiary/aromatic N) is 3. The summed E-state index contributed by atoms with van der Waals surface area (Å²) in [5, 5.41) is 3.77. The van der Waals surface area contributed by atoms with Crippen LogP contribution in [0, 0.1) is 5.82 Å². The number of fused-ring (bicyclic) bond motifs is 1. The Bertz CT molecular complexity index is 1180. The molecule has 0 unspecified atom stereocenters. The molecule has 28 heavy (non-hydrogen) atoms. The molecule has 2 aromatic heterocycles. The van der Waals surface area contributed by atoms with Crippen LogP contribution < -0.4 is 5.76 Å². The molecule has 4 rings (SSSR count). The van der Waals surface area contributed by atoms with E-state index in [2.05, 4.69) is 10.1 Å². The third-order valence-corrected chi connectivity index (χ3v) is 4.04. The highest BCUT2D eigenvalue weighted by atomic mass is 19.1. The molecule has 0 fully saturated rings. The third kappa shape index (κ3) is 3.68. The number of hydrogen-bond acceptors (Lipinski definition) is 7. The fraction of sp³-hybridized carbons (Fsp3) is 0.158. The molecule has 2 aromatic carbocycles. The lowest BCUT2D eigenvalue weighted by Crippen LogP contribution is -2.17. The number of aromatic nitrogens is 3. The maximum absolute atomic E-state index is 13.0. The number of para-hydroxylation sites is 2. The van der Waals surface area contributed by atoms with E-state index in [0.29, 0.717) is 16.7 Å². The van der Waals surface area contributed by atoms with E-state index < -0.39 is 11.7 Å². The van der Waals surface area contributed by atoms with Gasteiger partial charge in [0.25, 0.3) is 5.89 Å². The Hall–Kier alpha value is -3.75. The number of carbonyl (C=O) groups is 1. The Morgan fingerprint density at radius 3 is 2.75 bits per heavy atom. The third-order valence-electron chi connectivity index (χ3n) is 4.04. The van der Waals surface area contributed by atoms with Crippen LogP contribution >= 0.6 is 0 Å². The van der Waals surface area contributed by atoms with Gasteiger partial charge in [-0.25, -0.2) is 9.18 Å². The van der Waals surface area contributed by atoms with Crippen LogP contribution in [0.15, 0.2) is 62.3 Å². The minimum absolute atomic E-state index is 0.0254. The maximum Gasteiger partial charge on any atom is 0.419 e. The number of oxazole rings is 1. The van der Waals surface area contributed by atoms with E-state index in [0.717, 1.165) is 0 Å². The van der Waals surface area contributed by atoms with Crippen molar-refractivity contribution in [1.82, 2.24) is 14.7 Å². The van der Waals surface area contributed by atoms with Gasteiger partial charge in [-0.3, -0.25) is 9.36 Å². The van der Waals surface area contributed by atoms with Gasteiger partial charge in [0.15, 0.2) is 12.2 Å². The molecule has 142 valence electrons. The number of rotatable bonds is 6. The summed E-state index contributed by atoms with van der Waals surface area (Å²) in [6.45, 7) is -0.0760. The highest BCUT2D eigenvalue weighted by Crippen LogP contribution is 2.16. The van der Waals surface area contributed by atoms with Crippen molar-refractivity contribution >= 4 is 17.1 Å². The van der Waals surface area contributed by atoms with Gasteiger partial charge in [-0.05, 0) is 36.4 Å². The second-order valence-corrected chi connectivity index (χ2v) is 5.92. The highest BCUT2D eigenvalue weighted by Gasteiger charge is 2.13. The number of hydrogen-bond donors (Lipinski definition) is 0. The first-order valence-electron chi connectivity index (χ1n) is 8.43. The van der Waals surface area contributed by atoms with Gasteiger partial charge in [-0.2, -0.15) is 4.98 Å². The van der Waals surface area contributed by atoms with E-state index in [1.165, 1.54) is 28.8 Å². The van der Waals surface area contributed by atoms with E-state index in [9.17, 15) is 14.0 Å². The van der Waals surface area contributed by atoms with Crippen LogP contribution in [0.4, 0.5) is 4.39 Å². The number of esters is 1. The van der Waals surface area contributed by atoms with E-state index in [1.807, 2.05) is 0 Å². The zero-order chi connectivity index (χ0) is 19.5. The van der Waals surface area contributed by atoms with E-state index in [4.69, 9.17) is 13.7 Å². The topological polar surface area (TPSA) is 100 Å². The average Bonchev–Trinajstić information content (AvgIpc) is 3.29. The molecule has 9 heteroatoms. The standard InChI is InChI=1S/C19H14FN3O5/c20-13-7-5-12(6-8-13)18-21-16(28-22-18)11-26-17(24)9-10-23-14-3-1-2-4-15(14)27-19(23)25/h1-8H,9-11H2. The summed E-state index contributed by atoms with van der Waals surface area (Å²) in [4.78, 5) is 27.9. The van der Waals surface area contributed by atoms with E-state index in [-0.39, 0.29) is 37.1 Å². The Morgan fingerprint density at radius 1 is 1.14 bits per heavy atom. The van der Waals surface area contributed by atoms with Crippen LogP contribution in [-0.2, 0) is 22.7 Å². The first-order valence-corrected chi connectivity index (χ1v) is 8.43. The van der Waals surface area contributed by atoms with Crippen molar-refractivity contribution in [2.24, 2.45) is 0 Å². The van der Waals surface area contributed by atoms with Gasteiger partial charge < -0.3 is 13.7 Å². The zero-order valence-corrected chi connectivity index (χ0v) is 14.5. The van der Waals surface area contributed by atoms with Crippen LogP contribution in [0.3, 0.4) is 0 Å². The molecule has 0 radical (unpaired) electrons. The zero-order valence-electron chi connectivity index (χ0n) is 14.5. The van der Waals surface area contributed by atoms with E-state index in [1.54, 1.807) is 24.3 Å². The maximum atomic E-state index is 13.0. The molecule has 0 amide bonds. The van der Waals surface area contributed by atoms with Crippen LogP contribution in [-0.4, -0.2) is 20.7 Å². The second kappa shape index (κ2) is 7.47. The predicted molar refractivity (Wildman–Crippen MR) is 94.6 cm³/mol. The van der Waals surface area contributed by atoms with Gasteiger partial charge in [0.2, 0.25) is 5.82 Å².